The Morgan fingerprint density at radius 2 is 2.00 bits per heavy atom. The number of ether oxygens (including phenoxy) is 3. The average Bonchev–Trinajstić information content (AvgIpc) is 3.42. The van der Waals surface area contributed by atoms with Crippen LogP contribution in [0.15, 0.2) is 48.2 Å². The Morgan fingerprint density at radius 3 is 2.76 bits per heavy atom. The van der Waals surface area contributed by atoms with E-state index in [0.29, 0.717) is 22.8 Å². The summed E-state index contributed by atoms with van der Waals surface area (Å²) in [5.74, 6) is 1.23. The third-order valence-electron chi connectivity index (χ3n) is 4.20. The maximum atomic E-state index is 12.5. The highest BCUT2D eigenvalue weighted by molar-refractivity contribution is 6.14. The molecule has 0 aromatic heterocycles. The number of para-hydroxylation sites is 1. The predicted octanol–water partition coefficient (Wildman–Crippen LogP) is 3.63. The Kier molecular flexibility index (Phi) is 3.76. The molecule has 1 aliphatic carbocycles. The van der Waals surface area contributed by atoms with Gasteiger partial charge in [0.05, 0.1) is 18.6 Å². The minimum absolute atomic E-state index is 0.0109. The lowest BCUT2D eigenvalue weighted by molar-refractivity contribution is -0.135. The summed E-state index contributed by atoms with van der Waals surface area (Å²) >= 11 is 0. The molecule has 0 bridgehead atoms. The van der Waals surface area contributed by atoms with Gasteiger partial charge in [0.2, 0.25) is 5.78 Å². The van der Waals surface area contributed by atoms with Gasteiger partial charge in [0, 0.05) is 11.6 Å². The minimum Gasteiger partial charge on any atom is -0.496 e. The number of ketones is 1. The first-order valence-electron chi connectivity index (χ1n) is 8.09. The van der Waals surface area contributed by atoms with Crippen molar-refractivity contribution in [1.29, 1.82) is 0 Å². The number of benzene rings is 2. The SMILES string of the molecule is COc1ccccc1/C=C1\Oc2cc(OC(=O)C3CC3)ccc2C1=O. The summed E-state index contributed by atoms with van der Waals surface area (Å²) in [6.07, 6.45) is 3.41. The first-order chi connectivity index (χ1) is 12.2. The van der Waals surface area contributed by atoms with Gasteiger partial charge in [0.1, 0.15) is 17.2 Å². The van der Waals surface area contributed by atoms with Crippen LogP contribution >= 0.6 is 0 Å². The molecule has 126 valence electrons. The fourth-order valence-electron chi connectivity index (χ4n) is 2.68. The van der Waals surface area contributed by atoms with Gasteiger partial charge >= 0.3 is 5.97 Å². The number of hydrogen-bond acceptors (Lipinski definition) is 5. The van der Waals surface area contributed by atoms with Crippen molar-refractivity contribution in [2.24, 2.45) is 5.92 Å². The normalized spacial score (nSPS) is 17.2. The van der Waals surface area contributed by atoms with Crippen LogP contribution < -0.4 is 14.2 Å². The van der Waals surface area contributed by atoms with Crippen molar-refractivity contribution in [2.45, 2.75) is 12.8 Å². The number of hydrogen-bond donors (Lipinski definition) is 0. The van der Waals surface area contributed by atoms with Gasteiger partial charge in [0.15, 0.2) is 5.76 Å². The summed E-state index contributed by atoms with van der Waals surface area (Å²) in [6.45, 7) is 0. The number of methoxy groups -OCH3 is 1. The number of carbonyl (C=O) groups excluding carboxylic acids is 2. The fourth-order valence-corrected chi connectivity index (χ4v) is 2.68. The van der Waals surface area contributed by atoms with Crippen molar-refractivity contribution < 1.29 is 23.8 Å². The van der Waals surface area contributed by atoms with E-state index in [0.717, 1.165) is 18.4 Å². The van der Waals surface area contributed by atoms with E-state index in [1.54, 1.807) is 31.4 Å². The molecule has 0 saturated heterocycles. The van der Waals surface area contributed by atoms with E-state index in [1.807, 2.05) is 24.3 Å². The summed E-state index contributed by atoms with van der Waals surface area (Å²) < 4.78 is 16.3. The van der Waals surface area contributed by atoms with E-state index in [4.69, 9.17) is 14.2 Å². The van der Waals surface area contributed by atoms with Gasteiger partial charge in [-0.15, -0.1) is 0 Å². The third-order valence-corrected chi connectivity index (χ3v) is 4.20. The van der Waals surface area contributed by atoms with Gasteiger partial charge in [-0.2, -0.15) is 0 Å². The summed E-state index contributed by atoms with van der Waals surface area (Å²) in [5, 5.41) is 0. The Balaban J connectivity index is 1.60. The van der Waals surface area contributed by atoms with Gasteiger partial charge in [-0.05, 0) is 37.1 Å². The van der Waals surface area contributed by atoms with Gasteiger partial charge < -0.3 is 14.2 Å². The highest BCUT2D eigenvalue weighted by atomic mass is 16.5. The molecule has 0 N–H and O–H groups in total. The van der Waals surface area contributed by atoms with Crippen LogP contribution in [0.4, 0.5) is 0 Å². The van der Waals surface area contributed by atoms with E-state index in [-0.39, 0.29) is 23.4 Å². The largest absolute Gasteiger partial charge is 0.496 e. The van der Waals surface area contributed by atoms with Crippen molar-refractivity contribution in [2.75, 3.05) is 7.11 Å². The monoisotopic (exact) mass is 336 g/mol. The Hall–Kier alpha value is -3.08. The van der Waals surface area contributed by atoms with Crippen molar-refractivity contribution in [1.82, 2.24) is 0 Å². The summed E-state index contributed by atoms with van der Waals surface area (Å²) in [6, 6.07) is 12.2. The maximum Gasteiger partial charge on any atom is 0.314 e. The van der Waals surface area contributed by atoms with Crippen molar-refractivity contribution in [3.8, 4) is 17.2 Å². The van der Waals surface area contributed by atoms with Gasteiger partial charge in [-0.25, -0.2) is 0 Å². The van der Waals surface area contributed by atoms with E-state index in [1.165, 1.54) is 0 Å². The lowest BCUT2D eigenvalue weighted by Crippen LogP contribution is -2.09. The smallest absolute Gasteiger partial charge is 0.314 e. The first kappa shape index (κ1) is 15.4. The van der Waals surface area contributed by atoms with Crippen LogP contribution in [0.1, 0.15) is 28.8 Å². The van der Waals surface area contributed by atoms with Crippen LogP contribution in [0.3, 0.4) is 0 Å². The number of carbonyl (C=O) groups is 2. The molecule has 4 rings (SSSR count). The molecule has 25 heavy (non-hydrogen) atoms. The molecule has 2 aromatic rings. The van der Waals surface area contributed by atoms with E-state index in [2.05, 4.69) is 0 Å². The van der Waals surface area contributed by atoms with Crippen molar-refractivity contribution in [3.05, 3.63) is 59.4 Å². The predicted molar refractivity (Wildman–Crippen MR) is 90.7 cm³/mol. The Labute approximate surface area is 144 Å². The first-order valence-corrected chi connectivity index (χ1v) is 8.09. The summed E-state index contributed by atoms with van der Waals surface area (Å²) in [5.41, 5.74) is 1.20. The number of fused-ring (bicyclic) bond motifs is 1. The third kappa shape index (κ3) is 3.01. The quantitative estimate of drug-likeness (QED) is 0.485. The van der Waals surface area contributed by atoms with Gasteiger partial charge in [-0.3, -0.25) is 9.59 Å². The fraction of sp³-hybridized carbons (Fsp3) is 0.200. The molecule has 0 unspecified atom stereocenters. The maximum absolute atomic E-state index is 12.5. The molecular weight excluding hydrogens is 320 g/mol. The van der Waals surface area contributed by atoms with Gasteiger partial charge in [-0.1, -0.05) is 18.2 Å². The van der Waals surface area contributed by atoms with Crippen LogP contribution in [-0.2, 0) is 4.79 Å². The second kappa shape index (κ2) is 6.09. The van der Waals surface area contributed by atoms with Crippen LogP contribution in [0.25, 0.3) is 6.08 Å². The van der Waals surface area contributed by atoms with Crippen LogP contribution in [0, 0.1) is 5.92 Å². The van der Waals surface area contributed by atoms with Crippen molar-refractivity contribution >= 4 is 17.8 Å². The molecule has 2 aliphatic rings. The topological polar surface area (TPSA) is 61.8 Å². The molecule has 0 spiro atoms. The standard InChI is InChI=1S/C20H16O5/c1-23-16-5-3-2-4-13(16)10-18-19(21)15-9-8-14(11-17(15)25-18)24-20(22)12-6-7-12/h2-5,8-12H,6-7H2,1H3/b18-10-. The number of esters is 1. The lowest BCUT2D eigenvalue weighted by atomic mass is 10.1. The second-order valence-electron chi connectivity index (χ2n) is 6.04. The van der Waals surface area contributed by atoms with Crippen LogP contribution in [0.5, 0.6) is 17.2 Å². The highest BCUT2D eigenvalue weighted by Gasteiger charge is 2.33. The molecule has 0 radical (unpaired) electrons. The molecule has 1 heterocycles. The van der Waals surface area contributed by atoms with E-state index >= 15 is 0 Å². The van der Waals surface area contributed by atoms with Crippen LogP contribution in [0.2, 0.25) is 0 Å². The molecule has 5 nitrogen and oxygen atoms in total. The summed E-state index contributed by atoms with van der Waals surface area (Å²) in [7, 11) is 1.57. The second-order valence-corrected chi connectivity index (χ2v) is 6.04. The minimum atomic E-state index is -0.228. The molecule has 0 atom stereocenters. The zero-order valence-electron chi connectivity index (χ0n) is 13.7. The van der Waals surface area contributed by atoms with Crippen molar-refractivity contribution in [3.63, 3.8) is 0 Å². The molecule has 0 amide bonds. The molecule has 1 fully saturated rings. The lowest BCUT2D eigenvalue weighted by Gasteiger charge is -2.05. The Morgan fingerprint density at radius 1 is 1.20 bits per heavy atom. The number of allylic oxidation sites excluding steroid dienone is 1. The molecule has 2 aromatic carbocycles. The van der Waals surface area contributed by atoms with Crippen LogP contribution in [-0.4, -0.2) is 18.9 Å². The average molecular weight is 336 g/mol. The number of Topliss-reactive ketones (excluding diaryl/α,β-unsaturated/α-hetero) is 1. The number of rotatable bonds is 4. The molecule has 1 saturated carbocycles. The van der Waals surface area contributed by atoms with Gasteiger partial charge in [0.25, 0.3) is 0 Å². The zero-order chi connectivity index (χ0) is 17.4. The molecule has 5 heteroatoms. The van der Waals surface area contributed by atoms with E-state index < -0.39 is 0 Å². The molecule has 1 aliphatic heterocycles. The van der Waals surface area contributed by atoms with E-state index in [9.17, 15) is 9.59 Å². The summed E-state index contributed by atoms with van der Waals surface area (Å²) in [4.78, 5) is 24.3. The highest BCUT2D eigenvalue weighted by Crippen LogP contribution is 2.37. The molecular formula is C20H16O5. The zero-order valence-corrected chi connectivity index (χ0v) is 13.7. The Bertz CT molecular complexity index is 893.